The molecule has 3 heteroatoms. The van der Waals surface area contributed by atoms with E-state index in [4.69, 9.17) is 0 Å². The van der Waals surface area contributed by atoms with Crippen molar-refractivity contribution in [2.45, 2.75) is 26.6 Å². The van der Waals surface area contributed by atoms with E-state index in [-0.39, 0.29) is 0 Å². The minimum atomic E-state index is -1.02. The van der Waals surface area contributed by atoms with E-state index >= 15 is 0 Å². The summed E-state index contributed by atoms with van der Waals surface area (Å²) in [5, 5.41) is 0. The zero-order valence-corrected chi connectivity index (χ0v) is 8.34. The van der Waals surface area contributed by atoms with E-state index in [1.165, 1.54) is 0 Å². The van der Waals surface area contributed by atoms with Crippen molar-refractivity contribution in [2.24, 2.45) is 0 Å². The predicted molar refractivity (Wildman–Crippen MR) is 46.5 cm³/mol. The lowest BCUT2D eigenvalue weighted by molar-refractivity contribution is -0.114. The number of ketones is 1. The Morgan fingerprint density at radius 1 is 1.44 bits per heavy atom. The standard InChI is InChI=1S/C6H14OSSi/c1-6(7)5-8-9(2,3)4/h5H2,1-4H3. The molecule has 0 spiro atoms. The fourth-order valence-corrected chi connectivity index (χ4v) is 2.86. The summed E-state index contributed by atoms with van der Waals surface area (Å²) in [7, 11) is -1.02. The molecule has 0 aromatic rings. The second-order valence-corrected chi connectivity index (χ2v) is 12.4. The monoisotopic (exact) mass is 162 g/mol. The van der Waals surface area contributed by atoms with E-state index in [1.807, 2.05) is 11.2 Å². The Labute approximate surface area is 61.9 Å². The molecule has 0 fully saturated rings. The number of carbonyl (C=O) groups excluding carboxylic acids is 1. The summed E-state index contributed by atoms with van der Waals surface area (Å²) in [5.41, 5.74) is 0. The first-order valence-corrected chi connectivity index (χ1v) is 8.26. The fourth-order valence-electron chi connectivity index (χ4n) is 0.318. The van der Waals surface area contributed by atoms with Crippen LogP contribution in [-0.2, 0) is 4.79 Å². The molecular formula is C6H14OSSi. The number of hydrogen-bond donors (Lipinski definition) is 0. The molecule has 0 N–H and O–H groups in total. The van der Waals surface area contributed by atoms with Gasteiger partial charge in [0, 0.05) is 5.75 Å². The van der Waals surface area contributed by atoms with Crippen LogP contribution in [-0.4, -0.2) is 18.8 Å². The molecule has 0 saturated carbocycles. The highest BCUT2D eigenvalue weighted by atomic mass is 32.4. The van der Waals surface area contributed by atoms with Gasteiger partial charge in [-0.3, -0.25) is 4.79 Å². The van der Waals surface area contributed by atoms with Crippen molar-refractivity contribution < 1.29 is 4.79 Å². The third-order valence-electron chi connectivity index (χ3n) is 0.708. The van der Waals surface area contributed by atoms with Gasteiger partial charge in [-0.25, -0.2) is 0 Å². The van der Waals surface area contributed by atoms with Gasteiger partial charge in [0.2, 0.25) is 0 Å². The summed E-state index contributed by atoms with van der Waals surface area (Å²) in [4.78, 5) is 10.5. The van der Waals surface area contributed by atoms with Crippen LogP contribution in [0.5, 0.6) is 0 Å². The minimum Gasteiger partial charge on any atom is -0.299 e. The SMILES string of the molecule is CC(=O)CS[Si](C)(C)C. The van der Waals surface area contributed by atoms with Crippen molar-refractivity contribution in [2.75, 3.05) is 5.75 Å². The maximum atomic E-state index is 10.5. The molecule has 0 atom stereocenters. The van der Waals surface area contributed by atoms with Crippen LogP contribution in [0, 0.1) is 0 Å². The van der Waals surface area contributed by atoms with Gasteiger partial charge >= 0.3 is 0 Å². The average molecular weight is 162 g/mol. The zero-order chi connectivity index (χ0) is 7.49. The Balaban J connectivity index is 3.39. The van der Waals surface area contributed by atoms with E-state index in [9.17, 15) is 4.79 Å². The molecule has 9 heavy (non-hydrogen) atoms. The van der Waals surface area contributed by atoms with Crippen molar-refractivity contribution in [3.63, 3.8) is 0 Å². The summed E-state index contributed by atoms with van der Waals surface area (Å²) in [5.74, 6) is 0.998. The van der Waals surface area contributed by atoms with Crippen LogP contribution < -0.4 is 0 Å². The van der Waals surface area contributed by atoms with Crippen LogP contribution >= 0.6 is 11.2 Å². The van der Waals surface area contributed by atoms with E-state index in [1.54, 1.807) is 6.92 Å². The predicted octanol–water partition coefficient (Wildman–Crippen LogP) is 2.14. The van der Waals surface area contributed by atoms with E-state index in [0.29, 0.717) is 11.5 Å². The highest BCUT2D eigenvalue weighted by Crippen LogP contribution is 2.18. The smallest absolute Gasteiger partial charge is 0.139 e. The number of rotatable bonds is 3. The normalized spacial score (nSPS) is 11.6. The molecule has 0 saturated heterocycles. The Morgan fingerprint density at radius 2 is 1.89 bits per heavy atom. The van der Waals surface area contributed by atoms with Crippen LogP contribution in [0.2, 0.25) is 19.6 Å². The summed E-state index contributed by atoms with van der Waals surface area (Å²) in [6.07, 6.45) is 0. The molecule has 0 amide bonds. The molecule has 0 bridgehead atoms. The molecule has 1 nitrogen and oxygen atoms in total. The average Bonchev–Trinajstić information content (AvgIpc) is 1.59. The van der Waals surface area contributed by atoms with E-state index in [0.717, 1.165) is 0 Å². The van der Waals surface area contributed by atoms with Gasteiger partial charge in [0.05, 0.1) is 0 Å². The summed E-state index contributed by atoms with van der Waals surface area (Å²) in [6, 6.07) is 0. The third-order valence-corrected chi connectivity index (χ3v) is 5.16. The zero-order valence-electron chi connectivity index (χ0n) is 6.52. The van der Waals surface area contributed by atoms with Crippen molar-refractivity contribution in [1.82, 2.24) is 0 Å². The third kappa shape index (κ3) is 8.24. The van der Waals surface area contributed by atoms with Crippen LogP contribution in [0.1, 0.15) is 6.92 Å². The summed E-state index contributed by atoms with van der Waals surface area (Å²) in [6.45, 7) is 8.40. The van der Waals surface area contributed by atoms with Gasteiger partial charge in [0.25, 0.3) is 0 Å². The van der Waals surface area contributed by atoms with E-state index in [2.05, 4.69) is 19.6 Å². The second-order valence-electron chi connectivity index (χ2n) is 3.10. The maximum Gasteiger partial charge on any atom is 0.139 e. The van der Waals surface area contributed by atoms with Crippen LogP contribution in [0.4, 0.5) is 0 Å². The van der Waals surface area contributed by atoms with Crippen molar-refractivity contribution >= 4 is 24.2 Å². The molecule has 0 aromatic heterocycles. The van der Waals surface area contributed by atoms with Crippen molar-refractivity contribution in [1.29, 1.82) is 0 Å². The van der Waals surface area contributed by atoms with Crippen LogP contribution in [0.25, 0.3) is 0 Å². The largest absolute Gasteiger partial charge is 0.299 e. The molecule has 0 aliphatic rings. The highest BCUT2D eigenvalue weighted by molar-refractivity contribution is 8.29. The molecule has 0 radical (unpaired) electrons. The van der Waals surface area contributed by atoms with E-state index < -0.39 is 7.22 Å². The lowest BCUT2D eigenvalue weighted by Crippen LogP contribution is -2.16. The molecule has 0 unspecified atom stereocenters. The Bertz CT molecular complexity index is 106. The van der Waals surface area contributed by atoms with Crippen molar-refractivity contribution in [3.8, 4) is 0 Å². The topological polar surface area (TPSA) is 17.1 Å². The van der Waals surface area contributed by atoms with Gasteiger partial charge in [-0.2, -0.15) is 11.2 Å². The van der Waals surface area contributed by atoms with Crippen LogP contribution in [0.15, 0.2) is 0 Å². The first kappa shape index (κ1) is 9.24. The van der Waals surface area contributed by atoms with Crippen molar-refractivity contribution in [3.05, 3.63) is 0 Å². The first-order chi connectivity index (χ1) is 3.92. The lowest BCUT2D eigenvalue weighted by atomic mass is 10.5. The van der Waals surface area contributed by atoms with Gasteiger partial charge < -0.3 is 0 Å². The van der Waals surface area contributed by atoms with Gasteiger partial charge in [-0.05, 0) is 6.92 Å². The molecule has 0 aliphatic heterocycles. The quantitative estimate of drug-likeness (QED) is 0.591. The summed E-state index contributed by atoms with van der Waals surface area (Å²) >= 11 is 1.83. The van der Waals surface area contributed by atoms with Crippen LogP contribution in [0.3, 0.4) is 0 Å². The van der Waals surface area contributed by atoms with Gasteiger partial charge in [0.15, 0.2) is 0 Å². The highest BCUT2D eigenvalue weighted by Gasteiger charge is 2.13. The molecule has 54 valence electrons. The van der Waals surface area contributed by atoms with Gasteiger partial charge in [0.1, 0.15) is 13.0 Å². The number of carbonyl (C=O) groups is 1. The second kappa shape index (κ2) is 3.42. The molecule has 0 aromatic carbocycles. The molecule has 0 rings (SSSR count). The minimum absolute atomic E-state index is 0.294. The lowest BCUT2D eigenvalue weighted by Gasteiger charge is -2.12. The number of Topliss-reactive ketones (excluding diaryl/α,β-unsaturated/α-hetero) is 1. The molecular weight excluding hydrogens is 148 g/mol. The Morgan fingerprint density at radius 3 is 2.00 bits per heavy atom. The maximum absolute atomic E-state index is 10.5. The first-order valence-electron chi connectivity index (χ1n) is 3.05. The molecule has 0 heterocycles. The van der Waals surface area contributed by atoms with Gasteiger partial charge in [-0.15, -0.1) is 0 Å². The Kier molecular flexibility index (Phi) is 3.51. The van der Waals surface area contributed by atoms with Gasteiger partial charge in [-0.1, -0.05) is 19.6 Å². The fraction of sp³-hybridized carbons (Fsp3) is 0.833. The summed E-state index contributed by atoms with van der Waals surface area (Å²) < 4.78 is 0. The number of hydrogen-bond acceptors (Lipinski definition) is 2. The molecule has 0 aliphatic carbocycles. The Hall–Kier alpha value is 0.237.